The average Bonchev–Trinajstić information content (AvgIpc) is 2.87. The van der Waals surface area contributed by atoms with Gasteiger partial charge in [0.1, 0.15) is 11.4 Å². The number of aliphatic imine (C=N–C) groups is 1. The fraction of sp³-hybridized carbons (Fsp3) is 0.526. The zero-order valence-corrected chi connectivity index (χ0v) is 18.9. The van der Waals surface area contributed by atoms with Gasteiger partial charge in [-0.05, 0) is 43.9 Å². The highest BCUT2D eigenvalue weighted by Crippen LogP contribution is 2.20. The molecule has 28 heavy (non-hydrogen) atoms. The van der Waals surface area contributed by atoms with Gasteiger partial charge in [-0.25, -0.2) is 9.18 Å². The third-order valence-electron chi connectivity index (χ3n) is 4.72. The SMILES string of the molecule is CCC1(C)NC(=O)N(CCCNC(=NC)NCCc2cccc(F)c2)C1=O.I. The number of guanidine groups is 1. The maximum Gasteiger partial charge on any atom is 0.325 e. The van der Waals surface area contributed by atoms with Crippen molar-refractivity contribution in [2.75, 3.05) is 26.7 Å². The number of urea groups is 1. The van der Waals surface area contributed by atoms with E-state index < -0.39 is 5.54 Å². The molecule has 0 bridgehead atoms. The molecule has 156 valence electrons. The Morgan fingerprint density at radius 1 is 1.29 bits per heavy atom. The summed E-state index contributed by atoms with van der Waals surface area (Å²) in [7, 11) is 1.67. The second kappa shape index (κ2) is 11.2. The molecular formula is C19H29FIN5O2. The normalized spacial score (nSPS) is 19.3. The number of nitrogens with zero attached hydrogens (tertiary/aromatic N) is 2. The number of imide groups is 1. The summed E-state index contributed by atoms with van der Waals surface area (Å²) in [6.45, 7) is 5.16. The van der Waals surface area contributed by atoms with Gasteiger partial charge in [-0.15, -0.1) is 24.0 Å². The first-order chi connectivity index (χ1) is 12.9. The molecule has 0 aliphatic carbocycles. The fourth-order valence-corrected chi connectivity index (χ4v) is 2.87. The first-order valence-electron chi connectivity index (χ1n) is 9.22. The molecule has 1 aliphatic heterocycles. The van der Waals surface area contributed by atoms with Gasteiger partial charge in [0.25, 0.3) is 5.91 Å². The molecule has 9 heteroatoms. The molecule has 0 saturated carbocycles. The Kier molecular flexibility index (Phi) is 9.63. The van der Waals surface area contributed by atoms with E-state index in [0.717, 1.165) is 5.56 Å². The van der Waals surface area contributed by atoms with E-state index in [0.29, 0.717) is 44.9 Å². The molecule has 1 heterocycles. The molecule has 0 radical (unpaired) electrons. The van der Waals surface area contributed by atoms with Crippen molar-refractivity contribution >= 4 is 41.9 Å². The van der Waals surface area contributed by atoms with Crippen molar-refractivity contribution in [3.63, 3.8) is 0 Å². The highest BCUT2D eigenvalue weighted by Gasteiger charge is 2.45. The maximum atomic E-state index is 13.2. The Balaban J connectivity index is 0.00000392. The number of halogens is 2. The summed E-state index contributed by atoms with van der Waals surface area (Å²) in [5.41, 5.74) is 0.120. The minimum Gasteiger partial charge on any atom is -0.356 e. The van der Waals surface area contributed by atoms with E-state index in [2.05, 4.69) is 20.9 Å². The number of nitrogens with one attached hydrogen (secondary N) is 3. The van der Waals surface area contributed by atoms with Crippen molar-refractivity contribution in [2.45, 2.75) is 38.6 Å². The van der Waals surface area contributed by atoms with Gasteiger partial charge >= 0.3 is 6.03 Å². The van der Waals surface area contributed by atoms with Crippen molar-refractivity contribution in [3.05, 3.63) is 35.6 Å². The first kappa shape index (κ1) is 24.1. The molecule has 1 aliphatic rings. The van der Waals surface area contributed by atoms with E-state index in [1.807, 2.05) is 13.0 Å². The lowest BCUT2D eigenvalue weighted by molar-refractivity contribution is -0.130. The van der Waals surface area contributed by atoms with E-state index in [1.54, 1.807) is 20.0 Å². The molecule has 0 spiro atoms. The third-order valence-corrected chi connectivity index (χ3v) is 4.72. The Hall–Kier alpha value is -1.91. The topological polar surface area (TPSA) is 85.8 Å². The van der Waals surface area contributed by atoms with Gasteiger partial charge < -0.3 is 16.0 Å². The van der Waals surface area contributed by atoms with Crippen molar-refractivity contribution in [3.8, 4) is 0 Å². The van der Waals surface area contributed by atoms with Crippen molar-refractivity contribution in [1.29, 1.82) is 0 Å². The lowest BCUT2D eigenvalue weighted by atomic mass is 9.99. The van der Waals surface area contributed by atoms with Crippen LogP contribution in [0.15, 0.2) is 29.3 Å². The lowest BCUT2D eigenvalue weighted by Gasteiger charge is -2.19. The number of amides is 3. The predicted octanol–water partition coefficient (Wildman–Crippen LogP) is 2.26. The molecule has 0 aromatic heterocycles. The van der Waals surface area contributed by atoms with Gasteiger partial charge in [0.05, 0.1) is 0 Å². The molecular weight excluding hydrogens is 476 g/mol. The van der Waals surface area contributed by atoms with E-state index in [-0.39, 0.29) is 41.7 Å². The van der Waals surface area contributed by atoms with Gasteiger partial charge in [-0.1, -0.05) is 19.1 Å². The zero-order chi connectivity index (χ0) is 19.9. The van der Waals surface area contributed by atoms with Crippen LogP contribution in [0.3, 0.4) is 0 Å². The van der Waals surface area contributed by atoms with Crippen LogP contribution < -0.4 is 16.0 Å². The summed E-state index contributed by atoms with van der Waals surface area (Å²) < 4.78 is 13.2. The minimum absolute atomic E-state index is 0. The third kappa shape index (κ3) is 6.32. The van der Waals surface area contributed by atoms with E-state index in [1.165, 1.54) is 17.0 Å². The quantitative estimate of drug-likeness (QED) is 0.166. The first-order valence-corrected chi connectivity index (χ1v) is 9.22. The van der Waals surface area contributed by atoms with Crippen molar-refractivity contribution in [1.82, 2.24) is 20.9 Å². The number of benzene rings is 1. The Bertz CT molecular complexity index is 715. The van der Waals surface area contributed by atoms with Crippen LogP contribution in [0.2, 0.25) is 0 Å². The smallest absolute Gasteiger partial charge is 0.325 e. The van der Waals surface area contributed by atoms with Crippen LogP contribution in [0.25, 0.3) is 0 Å². The molecule has 1 saturated heterocycles. The second-order valence-corrected chi connectivity index (χ2v) is 6.73. The number of rotatable bonds is 8. The largest absolute Gasteiger partial charge is 0.356 e. The number of hydrogen-bond acceptors (Lipinski definition) is 3. The van der Waals surface area contributed by atoms with E-state index in [4.69, 9.17) is 0 Å². The van der Waals surface area contributed by atoms with E-state index in [9.17, 15) is 14.0 Å². The molecule has 1 fully saturated rings. The van der Waals surface area contributed by atoms with Crippen molar-refractivity contribution in [2.24, 2.45) is 4.99 Å². The Labute approximate surface area is 182 Å². The van der Waals surface area contributed by atoms with Crippen LogP contribution in [0.1, 0.15) is 32.3 Å². The predicted molar refractivity (Wildman–Crippen MR) is 118 cm³/mol. The summed E-state index contributed by atoms with van der Waals surface area (Å²) >= 11 is 0. The molecule has 1 unspecified atom stereocenters. The molecule has 7 nitrogen and oxygen atoms in total. The van der Waals surface area contributed by atoms with Gasteiger partial charge in [-0.3, -0.25) is 14.7 Å². The number of carbonyl (C=O) groups is 2. The Morgan fingerprint density at radius 2 is 2.00 bits per heavy atom. The summed E-state index contributed by atoms with van der Waals surface area (Å²) in [5.74, 6) is 0.212. The lowest BCUT2D eigenvalue weighted by Crippen LogP contribution is -2.43. The van der Waals surface area contributed by atoms with Crippen LogP contribution in [0.5, 0.6) is 0 Å². The van der Waals surface area contributed by atoms with Gasteiger partial charge in [-0.2, -0.15) is 0 Å². The van der Waals surface area contributed by atoms with Crippen LogP contribution in [-0.2, 0) is 11.2 Å². The van der Waals surface area contributed by atoms with Gasteiger partial charge in [0.15, 0.2) is 5.96 Å². The summed E-state index contributed by atoms with van der Waals surface area (Å²) in [6, 6.07) is 6.17. The van der Waals surface area contributed by atoms with E-state index >= 15 is 0 Å². The Morgan fingerprint density at radius 3 is 2.61 bits per heavy atom. The monoisotopic (exact) mass is 505 g/mol. The van der Waals surface area contributed by atoms with Crippen LogP contribution in [0, 0.1) is 5.82 Å². The minimum atomic E-state index is -0.793. The summed E-state index contributed by atoms with van der Waals surface area (Å²) in [5, 5.41) is 9.06. The van der Waals surface area contributed by atoms with Gasteiger partial charge in [0.2, 0.25) is 0 Å². The molecule has 1 atom stereocenters. The van der Waals surface area contributed by atoms with Crippen LogP contribution in [0.4, 0.5) is 9.18 Å². The van der Waals surface area contributed by atoms with Crippen LogP contribution >= 0.6 is 24.0 Å². The second-order valence-electron chi connectivity index (χ2n) is 6.73. The zero-order valence-electron chi connectivity index (χ0n) is 16.5. The fourth-order valence-electron chi connectivity index (χ4n) is 2.87. The van der Waals surface area contributed by atoms with Crippen LogP contribution in [-0.4, -0.2) is 55.0 Å². The summed E-state index contributed by atoms with van der Waals surface area (Å²) in [4.78, 5) is 29.7. The summed E-state index contributed by atoms with van der Waals surface area (Å²) in [6.07, 6.45) is 1.86. The molecule has 2 rings (SSSR count). The molecule has 1 aromatic carbocycles. The molecule has 1 aromatic rings. The number of carbonyl (C=O) groups excluding carboxylic acids is 2. The van der Waals surface area contributed by atoms with Crippen molar-refractivity contribution < 1.29 is 14.0 Å². The maximum absolute atomic E-state index is 13.2. The molecule has 3 amide bonds. The highest BCUT2D eigenvalue weighted by molar-refractivity contribution is 14.0. The number of hydrogen-bond donors (Lipinski definition) is 3. The standard InChI is InChI=1S/C19H28FN5O2.HI/c1-4-19(2)16(26)25(18(27)24-19)12-6-10-22-17(21-3)23-11-9-14-7-5-8-15(20)13-14;/h5,7-8,13H,4,6,9-12H2,1-3H3,(H,24,27)(H2,21,22,23);1H. The highest BCUT2D eigenvalue weighted by atomic mass is 127. The average molecular weight is 505 g/mol. The molecule has 3 N–H and O–H groups in total. The van der Waals surface area contributed by atoms with Gasteiger partial charge in [0, 0.05) is 26.7 Å².